The fourth-order valence-electron chi connectivity index (χ4n) is 3.55. The number of carbonyl (C=O) groups excluding carboxylic acids is 2. The van der Waals surface area contributed by atoms with E-state index in [4.69, 9.17) is 16.3 Å². The van der Waals surface area contributed by atoms with Crippen LogP contribution in [0.1, 0.15) is 17.2 Å². The van der Waals surface area contributed by atoms with E-state index >= 15 is 0 Å². The highest BCUT2D eigenvalue weighted by molar-refractivity contribution is 6.51. The van der Waals surface area contributed by atoms with Crippen LogP contribution in [0.5, 0.6) is 5.75 Å². The second-order valence-electron chi connectivity index (χ2n) is 6.78. The number of hydrogen-bond acceptors (Lipinski definition) is 4. The van der Waals surface area contributed by atoms with Crippen molar-refractivity contribution in [2.75, 3.05) is 12.0 Å². The van der Waals surface area contributed by atoms with Crippen LogP contribution in [0.2, 0.25) is 5.02 Å². The third kappa shape index (κ3) is 3.44. The number of rotatable bonds is 4. The molecule has 5 nitrogen and oxygen atoms in total. The van der Waals surface area contributed by atoms with Crippen LogP contribution in [0.15, 0.2) is 84.4 Å². The number of Topliss-reactive ketones (excluding diaryl/α,β-unsaturated/α-hetero) is 1. The number of methoxy groups -OCH3 is 1. The van der Waals surface area contributed by atoms with E-state index in [-0.39, 0.29) is 11.3 Å². The van der Waals surface area contributed by atoms with E-state index < -0.39 is 17.7 Å². The third-order valence-electron chi connectivity index (χ3n) is 5.03. The molecule has 0 bridgehead atoms. The maximum atomic E-state index is 13.0. The molecular formula is C24H18ClNO4. The van der Waals surface area contributed by atoms with Gasteiger partial charge in [0.15, 0.2) is 0 Å². The molecule has 150 valence electrons. The number of anilines is 1. The van der Waals surface area contributed by atoms with E-state index in [0.29, 0.717) is 27.6 Å². The number of nitrogens with zero attached hydrogens (tertiary/aromatic N) is 1. The van der Waals surface area contributed by atoms with E-state index in [1.807, 2.05) is 6.07 Å². The standard InChI is InChI=1S/C24H18ClNO4/c1-30-19-13-7-15(8-14-19)21-20(22(27)16-5-3-2-4-6-16)23(28)24(29)26(21)18-11-9-17(25)10-12-18/h2-14,21,27H,1H3/t21-/m0/s1. The Labute approximate surface area is 178 Å². The molecule has 3 aromatic carbocycles. The molecule has 1 saturated heterocycles. The normalized spacial score (nSPS) is 17.9. The fraction of sp³-hybridized carbons (Fsp3) is 0.0833. The molecule has 1 heterocycles. The second kappa shape index (κ2) is 8.05. The number of aliphatic hydroxyl groups is 1. The predicted octanol–water partition coefficient (Wildman–Crippen LogP) is 4.97. The van der Waals surface area contributed by atoms with Crippen LogP contribution in [-0.2, 0) is 9.59 Å². The number of ketones is 1. The lowest BCUT2D eigenvalue weighted by molar-refractivity contribution is -0.132. The van der Waals surface area contributed by atoms with Crippen molar-refractivity contribution in [1.29, 1.82) is 0 Å². The molecule has 0 aliphatic carbocycles. The minimum absolute atomic E-state index is 0.0336. The van der Waals surface area contributed by atoms with Gasteiger partial charge in [-0.2, -0.15) is 0 Å². The molecule has 30 heavy (non-hydrogen) atoms. The smallest absolute Gasteiger partial charge is 0.300 e. The van der Waals surface area contributed by atoms with Crippen LogP contribution in [-0.4, -0.2) is 23.9 Å². The van der Waals surface area contributed by atoms with Crippen LogP contribution in [0.4, 0.5) is 5.69 Å². The van der Waals surface area contributed by atoms with Crippen molar-refractivity contribution in [3.63, 3.8) is 0 Å². The Kier molecular flexibility index (Phi) is 5.29. The molecule has 0 aromatic heterocycles. The quantitative estimate of drug-likeness (QED) is 0.368. The Bertz CT molecular complexity index is 1120. The Morgan fingerprint density at radius 2 is 1.57 bits per heavy atom. The molecule has 6 heteroatoms. The molecule has 1 aliphatic heterocycles. The molecule has 1 atom stereocenters. The minimum Gasteiger partial charge on any atom is -0.507 e. The summed E-state index contributed by atoms with van der Waals surface area (Å²) >= 11 is 6.00. The van der Waals surface area contributed by atoms with Gasteiger partial charge in [-0.15, -0.1) is 0 Å². The summed E-state index contributed by atoms with van der Waals surface area (Å²) in [5, 5.41) is 11.5. The topological polar surface area (TPSA) is 66.8 Å². The van der Waals surface area contributed by atoms with Crippen LogP contribution < -0.4 is 9.64 Å². The Morgan fingerprint density at radius 3 is 2.17 bits per heavy atom. The predicted molar refractivity (Wildman–Crippen MR) is 116 cm³/mol. The monoisotopic (exact) mass is 419 g/mol. The van der Waals surface area contributed by atoms with Gasteiger partial charge in [-0.05, 0) is 42.0 Å². The summed E-state index contributed by atoms with van der Waals surface area (Å²) in [7, 11) is 1.56. The van der Waals surface area contributed by atoms with Crippen molar-refractivity contribution in [2.45, 2.75) is 6.04 Å². The molecule has 1 amide bonds. The van der Waals surface area contributed by atoms with Crippen LogP contribution in [0.3, 0.4) is 0 Å². The van der Waals surface area contributed by atoms with E-state index in [9.17, 15) is 14.7 Å². The average Bonchev–Trinajstić information content (AvgIpc) is 3.05. The van der Waals surface area contributed by atoms with E-state index in [2.05, 4.69) is 0 Å². The number of aliphatic hydroxyl groups excluding tert-OH is 1. The SMILES string of the molecule is COc1ccc([C@H]2C(=C(O)c3ccccc3)C(=O)C(=O)N2c2ccc(Cl)cc2)cc1. The number of ether oxygens (including phenoxy) is 1. The fourth-order valence-corrected chi connectivity index (χ4v) is 3.68. The molecule has 0 radical (unpaired) electrons. The number of benzene rings is 3. The van der Waals surface area contributed by atoms with Gasteiger partial charge >= 0.3 is 0 Å². The lowest BCUT2D eigenvalue weighted by Gasteiger charge is -2.25. The first-order chi connectivity index (χ1) is 14.5. The Balaban J connectivity index is 1.92. The number of halogens is 1. The van der Waals surface area contributed by atoms with Crippen molar-refractivity contribution in [1.82, 2.24) is 0 Å². The summed E-state index contributed by atoms with van der Waals surface area (Å²) in [6.45, 7) is 0. The first kappa shape index (κ1) is 19.7. The van der Waals surface area contributed by atoms with Gasteiger partial charge in [-0.3, -0.25) is 14.5 Å². The van der Waals surface area contributed by atoms with E-state index in [1.54, 1.807) is 79.9 Å². The van der Waals surface area contributed by atoms with Gasteiger partial charge in [0.25, 0.3) is 11.7 Å². The highest BCUT2D eigenvalue weighted by atomic mass is 35.5. The summed E-state index contributed by atoms with van der Waals surface area (Å²) in [4.78, 5) is 27.4. The largest absolute Gasteiger partial charge is 0.507 e. The second-order valence-corrected chi connectivity index (χ2v) is 7.22. The summed E-state index contributed by atoms with van der Waals surface area (Å²) < 4.78 is 5.22. The summed E-state index contributed by atoms with van der Waals surface area (Å²) in [6.07, 6.45) is 0. The molecule has 0 saturated carbocycles. The molecule has 0 unspecified atom stereocenters. The van der Waals surface area contributed by atoms with Crippen molar-refractivity contribution < 1.29 is 19.4 Å². The summed E-state index contributed by atoms with van der Waals surface area (Å²) in [5.41, 5.74) is 1.67. The zero-order valence-electron chi connectivity index (χ0n) is 16.1. The lowest BCUT2D eigenvalue weighted by Crippen LogP contribution is -2.29. The molecule has 1 aliphatic rings. The van der Waals surface area contributed by atoms with E-state index in [1.165, 1.54) is 4.90 Å². The van der Waals surface area contributed by atoms with Crippen LogP contribution in [0.25, 0.3) is 5.76 Å². The van der Waals surface area contributed by atoms with Gasteiger partial charge in [0, 0.05) is 16.3 Å². The Hall–Kier alpha value is -3.57. The van der Waals surface area contributed by atoms with Crippen LogP contribution in [0, 0.1) is 0 Å². The Morgan fingerprint density at radius 1 is 0.933 bits per heavy atom. The first-order valence-electron chi connectivity index (χ1n) is 9.27. The highest BCUT2D eigenvalue weighted by Gasteiger charge is 2.46. The van der Waals surface area contributed by atoms with Gasteiger partial charge in [0.1, 0.15) is 11.5 Å². The maximum absolute atomic E-state index is 13.0. The van der Waals surface area contributed by atoms with E-state index in [0.717, 1.165) is 0 Å². The zero-order valence-corrected chi connectivity index (χ0v) is 16.8. The highest BCUT2D eigenvalue weighted by Crippen LogP contribution is 2.42. The molecule has 4 rings (SSSR count). The zero-order chi connectivity index (χ0) is 21.3. The van der Waals surface area contributed by atoms with Gasteiger partial charge in [-0.1, -0.05) is 54.1 Å². The minimum atomic E-state index is -0.794. The average molecular weight is 420 g/mol. The van der Waals surface area contributed by atoms with Crippen molar-refractivity contribution in [2.24, 2.45) is 0 Å². The molecule has 1 N–H and O–H groups in total. The lowest BCUT2D eigenvalue weighted by atomic mass is 9.95. The number of carbonyl (C=O) groups is 2. The molecular weight excluding hydrogens is 402 g/mol. The number of amides is 1. The molecule has 1 fully saturated rings. The number of hydrogen-bond donors (Lipinski definition) is 1. The summed E-state index contributed by atoms with van der Waals surface area (Å²) in [5.74, 6) is -1.03. The van der Waals surface area contributed by atoms with Gasteiger partial charge in [0.05, 0.1) is 18.7 Å². The van der Waals surface area contributed by atoms with Crippen LogP contribution >= 0.6 is 11.6 Å². The van der Waals surface area contributed by atoms with Gasteiger partial charge in [-0.25, -0.2) is 0 Å². The third-order valence-corrected chi connectivity index (χ3v) is 5.28. The van der Waals surface area contributed by atoms with Gasteiger partial charge < -0.3 is 9.84 Å². The first-order valence-corrected chi connectivity index (χ1v) is 9.65. The molecule has 0 spiro atoms. The molecule has 3 aromatic rings. The van der Waals surface area contributed by atoms with Gasteiger partial charge in [0.2, 0.25) is 0 Å². The summed E-state index contributed by atoms with van der Waals surface area (Å²) in [6, 6.07) is 21.6. The maximum Gasteiger partial charge on any atom is 0.300 e. The van der Waals surface area contributed by atoms with Crippen molar-refractivity contribution in [3.05, 3.63) is 101 Å². The van der Waals surface area contributed by atoms with Crippen molar-refractivity contribution >= 4 is 34.7 Å². The van der Waals surface area contributed by atoms with Crippen molar-refractivity contribution in [3.8, 4) is 5.75 Å².